The zero-order valence-corrected chi connectivity index (χ0v) is 13.0. The van der Waals surface area contributed by atoms with Crippen LogP contribution in [0.25, 0.3) is 11.3 Å². The number of nitrogens with one attached hydrogen (secondary N) is 1. The summed E-state index contributed by atoms with van der Waals surface area (Å²) in [5.41, 5.74) is 1.85. The summed E-state index contributed by atoms with van der Waals surface area (Å²) in [7, 11) is 1.80. The summed E-state index contributed by atoms with van der Waals surface area (Å²) in [5.74, 6) is -0.127. The molecule has 0 radical (unpaired) electrons. The molecule has 22 heavy (non-hydrogen) atoms. The number of carbonyl (C=O) groups is 1. The van der Waals surface area contributed by atoms with Crippen LogP contribution in [0.3, 0.4) is 0 Å². The normalized spacial score (nSPS) is 20.0. The van der Waals surface area contributed by atoms with Crippen LogP contribution in [0.4, 0.5) is 0 Å². The van der Waals surface area contributed by atoms with Crippen LogP contribution in [0.1, 0.15) is 30.6 Å². The molecule has 6 nitrogen and oxygen atoms in total. The van der Waals surface area contributed by atoms with Crippen molar-refractivity contribution >= 4 is 5.91 Å². The number of amides is 1. The lowest BCUT2D eigenvalue weighted by molar-refractivity contribution is 0.0355. The van der Waals surface area contributed by atoms with E-state index in [0.717, 1.165) is 12.0 Å². The molecule has 0 aromatic carbocycles. The summed E-state index contributed by atoms with van der Waals surface area (Å²) >= 11 is 0. The molecule has 1 amide bonds. The predicted octanol–water partition coefficient (Wildman–Crippen LogP) is 1.78. The molecule has 0 aliphatic carbocycles. The molecule has 1 fully saturated rings. The Kier molecular flexibility index (Phi) is 3.70. The second-order valence-corrected chi connectivity index (χ2v) is 6.25. The van der Waals surface area contributed by atoms with Crippen LogP contribution in [-0.4, -0.2) is 38.9 Å². The largest absolute Gasteiger partial charge is 0.373 e. The molecule has 1 aliphatic heterocycles. The van der Waals surface area contributed by atoms with E-state index >= 15 is 0 Å². The molecular weight excluding hydrogens is 280 g/mol. The first-order valence-corrected chi connectivity index (χ1v) is 7.33. The van der Waals surface area contributed by atoms with Crippen LogP contribution >= 0.6 is 0 Å². The number of aromatic nitrogens is 3. The van der Waals surface area contributed by atoms with Crippen LogP contribution in [-0.2, 0) is 11.8 Å². The Morgan fingerprint density at radius 2 is 2.32 bits per heavy atom. The highest BCUT2D eigenvalue weighted by atomic mass is 16.5. The Balaban J connectivity index is 1.82. The van der Waals surface area contributed by atoms with Gasteiger partial charge in [-0.25, -0.2) is 0 Å². The molecule has 6 heteroatoms. The van der Waals surface area contributed by atoms with Crippen molar-refractivity contribution < 1.29 is 9.53 Å². The SMILES string of the molecule is Cn1cc(C(=O)NC2COC(C)(C)C2)c(-c2cccnc2)n1. The second-order valence-electron chi connectivity index (χ2n) is 6.25. The van der Waals surface area contributed by atoms with E-state index in [-0.39, 0.29) is 17.6 Å². The Morgan fingerprint density at radius 1 is 1.50 bits per heavy atom. The molecule has 0 bridgehead atoms. The van der Waals surface area contributed by atoms with Gasteiger partial charge in [0.05, 0.1) is 23.8 Å². The summed E-state index contributed by atoms with van der Waals surface area (Å²) in [4.78, 5) is 16.7. The number of carbonyl (C=O) groups excluding carboxylic acids is 1. The van der Waals surface area contributed by atoms with Gasteiger partial charge in [0, 0.05) is 31.2 Å². The van der Waals surface area contributed by atoms with Gasteiger partial charge in [0.1, 0.15) is 5.69 Å². The van der Waals surface area contributed by atoms with Gasteiger partial charge in [0.25, 0.3) is 5.91 Å². The fourth-order valence-corrected chi connectivity index (χ4v) is 2.76. The van der Waals surface area contributed by atoms with E-state index in [1.54, 1.807) is 30.3 Å². The average molecular weight is 300 g/mol. The first-order chi connectivity index (χ1) is 10.4. The van der Waals surface area contributed by atoms with Gasteiger partial charge < -0.3 is 10.1 Å². The third-order valence-corrected chi connectivity index (χ3v) is 3.76. The molecule has 0 saturated carbocycles. The highest BCUT2D eigenvalue weighted by Crippen LogP contribution is 2.25. The maximum atomic E-state index is 12.6. The average Bonchev–Trinajstić information content (AvgIpc) is 3.02. The van der Waals surface area contributed by atoms with Crippen LogP contribution in [0.5, 0.6) is 0 Å². The highest BCUT2D eigenvalue weighted by Gasteiger charge is 2.33. The minimum Gasteiger partial charge on any atom is -0.373 e. The van der Waals surface area contributed by atoms with Crippen molar-refractivity contribution in [3.05, 3.63) is 36.3 Å². The fourth-order valence-electron chi connectivity index (χ4n) is 2.76. The molecule has 1 unspecified atom stereocenters. The summed E-state index contributed by atoms with van der Waals surface area (Å²) in [6.07, 6.45) is 5.95. The van der Waals surface area contributed by atoms with Crippen molar-refractivity contribution in [2.75, 3.05) is 6.61 Å². The van der Waals surface area contributed by atoms with Gasteiger partial charge in [-0.1, -0.05) is 0 Å². The zero-order chi connectivity index (χ0) is 15.7. The van der Waals surface area contributed by atoms with Crippen LogP contribution in [0, 0.1) is 0 Å². The fraction of sp³-hybridized carbons (Fsp3) is 0.438. The van der Waals surface area contributed by atoms with Crippen LogP contribution < -0.4 is 5.32 Å². The molecular formula is C16H20N4O2. The van der Waals surface area contributed by atoms with E-state index in [1.807, 2.05) is 26.0 Å². The number of hydrogen-bond donors (Lipinski definition) is 1. The van der Waals surface area contributed by atoms with Gasteiger partial charge in [0.2, 0.25) is 0 Å². The van der Waals surface area contributed by atoms with E-state index < -0.39 is 0 Å². The van der Waals surface area contributed by atoms with Crippen molar-refractivity contribution in [1.29, 1.82) is 0 Å². The summed E-state index contributed by atoms with van der Waals surface area (Å²) < 4.78 is 7.31. The zero-order valence-electron chi connectivity index (χ0n) is 13.0. The van der Waals surface area contributed by atoms with E-state index in [9.17, 15) is 4.79 Å². The third-order valence-electron chi connectivity index (χ3n) is 3.76. The van der Waals surface area contributed by atoms with E-state index in [2.05, 4.69) is 15.4 Å². The van der Waals surface area contributed by atoms with Gasteiger partial charge in [0.15, 0.2) is 0 Å². The van der Waals surface area contributed by atoms with Gasteiger partial charge in [-0.2, -0.15) is 5.10 Å². The van der Waals surface area contributed by atoms with Gasteiger partial charge >= 0.3 is 0 Å². The van der Waals surface area contributed by atoms with Gasteiger partial charge in [-0.15, -0.1) is 0 Å². The number of ether oxygens (including phenoxy) is 1. The van der Waals surface area contributed by atoms with Gasteiger partial charge in [-0.05, 0) is 32.4 Å². The van der Waals surface area contributed by atoms with E-state index in [0.29, 0.717) is 17.9 Å². The van der Waals surface area contributed by atoms with Gasteiger partial charge in [-0.3, -0.25) is 14.5 Å². The molecule has 2 aromatic heterocycles. The number of aryl methyl sites for hydroxylation is 1. The molecule has 116 valence electrons. The maximum absolute atomic E-state index is 12.6. The van der Waals surface area contributed by atoms with E-state index in [4.69, 9.17) is 4.74 Å². The third kappa shape index (κ3) is 3.01. The number of rotatable bonds is 3. The van der Waals surface area contributed by atoms with Crippen molar-refractivity contribution in [2.24, 2.45) is 7.05 Å². The molecule has 1 saturated heterocycles. The molecule has 2 aromatic rings. The first-order valence-electron chi connectivity index (χ1n) is 7.33. The summed E-state index contributed by atoms with van der Waals surface area (Å²) in [6, 6.07) is 3.76. The minimum absolute atomic E-state index is 0.0319. The van der Waals surface area contributed by atoms with Crippen molar-refractivity contribution in [3.8, 4) is 11.3 Å². The monoisotopic (exact) mass is 300 g/mol. The molecule has 3 heterocycles. The van der Waals surface area contributed by atoms with E-state index in [1.165, 1.54) is 0 Å². The Bertz CT molecular complexity index is 679. The Hall–Kier alpha value is -2.21. The van der Waals surface area contributed by atoms with Crippen LogP contribution in [0.2, 0.25) is 0 Å². The first kappa shape index (κ1) is 14.7. The lowest BCUT2D eigenvalue weighted by Gasteiger charge is -2.16. The predicted molar refractivity (Wildman–Crippen MR) is 82.3 cm³/mol. The summed E-state index contributed by atoms with van der Waals surface area (Å²) in [5, 5.41) is 7.43. The summed E-state index contributed by atoms with van der Waals surface area (Å²) in [6.45, 7) is 4.61. The topological polar surface area (TPSA) is 69.0 Å². The smallest absolute Gasteiger partial charge is 0.255 e. The molecule has 3 rings (SSSR count). The standard InChI is InChI=1S/C16H20N4O2/c1-16(2)7-12(10-22-16)18-15(21)13-9-20(3)19-14(13)11-5-4-6-17-8-11/h4-6,8-9,12H,7,10H2,1-3H3,(H,18,21). The Morgan fingerprint density at radius 3 is 2.95 bits per heavy atom. The number of pyridine rings is 1. The molecule has 1 aliphatic rings. The van der Waals surface area contributed by atoms with Crippen molar-refractivity contribution in [1.82, 2.24) is 20.1 Å². The molecule has 0 spiro atoms. The number of nitrogens with zero attached hydrogens (tertiary/aromatic N) is 3. The molecule has 1 N–H and O–H groups in total. The molecule has 1 atom stereocenters. The Labute approximate surface area is 129 Å². The lowest BCUT2D eigenvalue weighted by Crippen LogP contribution is -2.35. The second kappa shape index (κ2) is 5.53. The van der Waals surface area contributed by atoms with Crippen LogP contribution in [0.15, 0.2) is 30.7 Å². The lowest BCUT2D eigenvalue weighted by atomic mass is 10.0. The van der Waals surface area contributed by atoms with Crippen molar-refractivity contribution in [2.45, 2.75) is 31.9 Å². The van der Waals surface area contributed by atoms with Crippen molar-refractivity contribution in [3.63, 3.8) is 0 Å². The maximum Gasteiger partial charge on any atom is 0.255 e. The minimum atomic E-state index is -0.181. The number of hydrogen-bond acceptors (Lipinski definition) is 4. The highest BCUT2D eigenvalue weighted by molar-refractivity contribution is 5.99. The quantitative estimate of drug-likeness (QED) is 0.938.